The number of halogens is 4. The Morgan fingerprint density at radius 3 is 2.33 bits per heavy atom. The third kappa shape index (κ3) is 10.1. The van der Waals surface area contributed by atoms with Crippen LogP contribution in [0.3, 0.4) is 0 Å². The van der Waals surface area contributed by atoms with Crippen LogP contribution in [0.4, 0.5) is 20.4 Å². The van der Waals surface area contributed by atoms with Crippen molar-refractivity contribution in [3.05, 3.63) is 40.3 Å². The standard InChI is InChI=1S/C29H37Cl2N9O3S.C3H4F2O2/c1-19-15-25-22(27(31)36-40(25)23-3-4-26(41)35-28(23)42)16-24(19)38-12-10-37(11-13-38)7-2-14-44(43)39-8-5-21(6-9-39)34-29-32-17-20(30)18-33-29;1-3(4,5)2(6)7/h15-18,21,23H,2-14H2,1H3,(H,32,33,34)(H,35,41,42);1H3,(H,6,7). The van der Waals surface area contributed by atoms with Gasteiger partial charge in [-0.25, -0.2) is 23.3 Å². The number of piperazine rings is 1. The summed E-state index contributed by atoms with van der Waals surface area (Å²) in [5.41, 5.74) is 3.00. The lowest BCUT2D eigenvalue weighted by Crippen LogP contribution is -2.47. The van der Waals surface area contributed by atoms with Gasteiger partial charge >= 0.3 is 11.9 Å². The van der Waals surface area contributed by atoms with Crippen LogP contribution in [0.15, 0.2) is 24.5 Å². The molecule has 0 spiro atoms. The van der Waals surface area contributed by atoms with Gasteiger partial charge in [0.15, 0.2) is 5.15 Å². The Hall–Kier alpha value is -3.51. The fraction of sp³-hybridized carbons (Fsp3) is 0.562. The molecular formula is C32H41Cl2F2N9O5S. The van der Waals surface area contributed by atoms with Gasteiger partial charge < -0.3 is 15.3 Å². The van der Waals surface area contributed by atoms with Crippen LogP contribution in [0, 0.1) is 6.92 Å². The Morgan fingerprint density at radius 2 is 1.73 bits per heavy atom. The average molecular weight is 773 g/mol. The fourth-order valence-electron chi connectivity index (χ4n) is 6.26. The molecule has 2 amide bonds. The number of imide groups is 1. The van der Waals surface area contributed by atoms with Crippen molar-refractivity contribution in [3.63, 3.8) is 0 Å². The van der Waals surface area contributed by atoms with E-state index in [0.717, 1.165) is 87.2 Å². The molecule has 3 N–H and O–H groups in total. The molecule has 3 aliphatic heterocycles. The largest absolute Gasteiger partial charge is 0.477 e. The van der Waals surface area contributed by atoms with Gasteiger partial charge in [-0.05, 0) is 56.8 Å². The van der Waals surface area contributed by atoms with Crippen LogP contribution in [-0.4, -0.2) is 120 Å². The molecular weight excluding hydrogens is 731 g/mol. The number of anilines is 2. The van der Waals surface area contributed by atoms with Gasteiger partial charge in [-0.15, -0.1) is 0 Å². The number of carbonyl (C=O) groups is 3. The van der Waals surface area contributed by atoms with E-state index in [1.165, 1.54) is 0 Å². The van der Waals surface area contributed by atoms with E-state index in [2.05, 4.69) is 52.8 Å². The zero-order valence-corrected chi connectivity index (χ0v) is 30.6. The Kier molecular flexibility index (Phi) is 12.8. The Bertz CT molecular complexity index is 1750. The maximum atomic E-state index is 13.0. The molecule has 0 radical (unpaired) electrons. The molecule has 3 aromatic rings. The summed E-state index contributed by atoms with van der Waals surface area (Å²) < 4.78 is 39.2. The van der Waals surface area contributed by atoms with Crippen molar-refractivity contribution in [3.8, 4) is 0 Å². The summed E-state index contributed by atoms with van der Waals surface area (Å²) >= 11 is 12.4. The molecule has 2 unspecified atom stereocenters. The number of fused-ring (bicyclic) bond motifs is 1. The van der Waals surface area contributed by atoms with Crippen molar-refractivity contribution < 1.29 is 32.5 Å². The Morgan fingerprint density at radius 1 is 1.08 bits per heavy atom. The van der Waals surface area contributed by atoms with Gasteiger partial charge in [-0.1, -0.05) is 23.2 Å². The first-order valence-corrected chi connectivity index (χ1v) is 18.7. The summed E-state index contributed by atoms with van der Waals surface area (Å²) in [6.45, 7) is 8.51. The van der Waals surface area contributed by atoms with E-state index < -0.39 is 28.9 Å². The lowest BCUT2D eigenvalue weighted by Gasteiger charge is -2.37. The number of alkyl halides is 2. The van der Waals surface area contributed by atoms with Gasteiger partial charge in [-0.3, -0.25) is 24.5 Å². The van der Waals surface area contributed by atoms with Crippen LogP contribution in [0.5, 0.6) is 0 Å². The zero-order valence-electron chi connectivity index (χ0n) is 28.3. The van der Waals surface area contributed by atoms with E-state index in [-0.39, 0.29) is 24.3 Å². The van der Waals surface area contributed by atoms with Crippen LogP contribution in [0.2, 0.25) is 10.2 Å². The van der Waals surface area contributed by atoms with Gasteiger partial charge in [-0.2, -0.15) is 13.9 Å². The molecule has 14 nitrogen and oxygen atoms in total. The van der Waals surface area contributed by atoms with E-state index in [0.29, 0.717) is 35.2 Å². The number of hydrogen-bond donors (Lipinski definition) is 3. The molecule has 2 atom stereocenters. The number of aromatic nitrogens is 4. The summed E-state index contributed by atoms with van der Waals surface area (Å²) in [5, 5.41) is 19.4. The summed E-state index contributed by atoms with van der Waals surface area (Å²) in [7, 11) is -0.977. The van der Waals surface area contributed by atoms with Crippen molar-refractivity contribution in [1.82, 2.24) is 34.3 Å². The molecule has 0 saturated carbocycles. The molecule has 0 bridgehead atoms. The molecule has 3 fully saturated rings. The summed E-state index contributed by atoms with van der Waals surface area (Å²) in [5.74, 6) is -5.02. The number of piperidine rings is 2. The number of carboxylic acid groups (broad SMARTS) is 1. The highest BCUT2D eigenvalue weighted by Crippen LogP contribution is 2.34. The predicted octanol–water partition coefficient (Wildman–Crippen LogP) is 3.90. The highest BCUT2D eigenvalue weighted by atomic mass is 35.5. The molecule has 1 aromatic carbocycles. The lowest BCUT2D eigenvalue weighted by molar-refractivity contribution is -0.162. The predicted molar refractivity (Wildman–Crippen MR) is 191 cm³/mol. The van der Waals surface area contributed by atoms with Crippen molar-refractivity contribution in [2.75, 3.05) is 61.8 Å². The van der Waals surface area contributed by atoms with Gasteiger partial charge in [0.25, 0.3) is 5.91 Å². The van der Waals surface area contributed by atoms with Crippen LogP contribution in [-0.2, 0) is 25.4 Å². The lowest BCUT2D eigenvalue weighted by atomic mass is 10.1. The smallest absolute Gasteiger partial charge is 0.374 e. The molecule has 0 aliphatic carbocycles. The van der Waals surface area contributed by atoms with Gasteiger partial charge in [0.1, 0.15) is 6.04 Å². The van der Waals surface area contributed by atoms with Gasteiger partial charge in [0.05, 0.1) is 33.9 Å². The second-order valence-electron chi connectivity index (χ2n) is 12.8. The minimum atomic E-state index is -3.58. The molecule has 51 heavy (non-hydrogen) atoms. The van der Waals surface area contributed by atoms with E-state index in [1.54, 1.807) is 17.1 Å². The van der Waals surface area contributed by atoms with Crippen molar-refractivity contribution in [1.29, 1.82) is 0 Å². The molecule has 6 rings (SSSR count). The van der Waals surface area contributed by atoms with Crippen LogP contribution in [0.25, 0.3) is 10.9 Å². The molecule has 3 saturated heterocycles. The highest BCUT2D eigenvalue weighted by molar-refractivity contribution is 7.82. The van der Waals surface area contributed by atoms with Crippen LogP contribution < -0.4 is 15.5 Å². The monoisotopic (exact) mass is 771 g/mol. The van der Waals surface area contributed by atoms with Crippen molar-refractivity contribution in [2.24, 2.45) is 0 Å². The Balaban J connectivity index is 0.000000654. The number of nitrogens with zero attached hydrogens (tertiary/aromatic N) is 7. The third-order valence-corrected chi connectivity index (χ3v) is 11.1. The number of aryl methyl sites for hydroxylation is 1. The quantitative estimate of drug-likeness (QED) is 0.256. The average Bonchev–Trinajstić information content (AvgIpc) is 3.40. The molecule has 3 aliphatic rings. The van der Waals surface area contributed by atoms with E-state index >= 15 is 0 Å². The van der Waals surface area contributed by atoms with E-state index in [9.17, 15) is 27.4 Å². The molecule has 19 heteroatoms. The number of carbonyl (C=O) groups excluding carboxylic acids is 2. The highest BCUT2D eigenvalue weighted by Gasteiger charge is 2.32. The first kappa shape index (κ1) is 38.7. The molecule has 278 valence electrons. The second kappa shape index (κ2) is 16.9. The molecule has 2 aromatic heterocycles. The number of hydrogen-bond acceptors (Lipinski definition) is 10. The van der Waals surface area contributed by atoms with Crippen LogP contribution >= 0.6 is 23.2 Å². The molecule has 5 heterocycles. The number of carboxylic acids is 1. The second-order valence-corrected chi connectivity index (χ2v) is 15.2. The first-order chi connectivity index (χ1) is 24.2. The maximum Gasteiger partial charge on any atom is 0.374 e. The number of amides is 2. The number of benzene rings is 1. The number of rotatable bonds is 10. The minimum Gasteiger partial charge on any atom is -0.477 e. The van der Waals surface area contributed by atoms with Crippen molar-refractivity contribution >= 4 is 74.5 Å². The summed E-state index contributed by atoms with van der Waals surface area (Å²) in [6.07, 6.45) is 6.54. The topological polar surface area (TPSA) is 166 Å². The number of nitrogens with one attached hydrogen (secondary N) is 2. The fourth-order valence-corrected chi connectivity index (χ4v) is 7.84. The van der Waals surface area contributed by atoms with Crippen LogP contribution in [0.1, 0.15) is 50.6 Å². The maximum absolute atomic E-state index is 13.0. The Labute approximate surface area is 306 Å². The van der Waals surface area contributed by atoms with Gasteiger partial charge in [0, 0.05) is 75.5 Å². The normalized spacial score (nSPS) is 20.1. The number of aliphatic carboxylic acids is 1. The minimum absolute atomic E-state index is 0.254. The third-order valence-electron chi connectivity index (χ3n) is 9.06. The van der Waals surface area contributed by atoms with Gasteiger partial charge in [0.2, 0.25) is 11.9 Å². The van der Waals surface area contributed by atoms with E-state index in [1.807, 2.05) is 6.07 Å². The summed E-state index contributed by atoms with van der Waals surface area (Å²) in [6, 6.07) is 3.83. The first-order valence-electron chi connectivity index (χ1n) is 16.7. The SMILES string of the molecule is CC(F)(F)C(=O)O.Cc1cc2c(cc1N1CCN(CCCS(=O)N3CCC(Nc4ncc(Cl)cn4)CC3)CC1)c(Cl)nn2C1CCC(=O)NC1=O. The van der Waals surface area contributed by atoms with Crippen molar-refractivity contribution in [2.45, 2.75) is 64.0 Å². The summed E-state index contributed by atoms with van der Waals surface area (Å²) in [4.78, 5) is 46.6. The van der Waals surface area contributed by atoms with E-state index in [4.69, 9.17) is 28.3 Å². The zero-order chi connectivity index (χ0) is 36.9.